The van der Waals surface area contributed by atoms with Gasteiger partial charge in [-0.1, -0.05) is 37.9 Å². The Kier molecular flexibility index (Phi) is 4.45. The van der Waals surface area contributed by atoms with Crippen molar-refractivity contribution < 1.29 is 29.7 Å². The fourth-order valence-electron chi connectivity index (χ4n) is 1.72. The number of carboxylic acids is 3. The van der Waals surface area contributed by atoms with Crippen LogP contribution in [0, 0.1) is 0 Å². The molecule has 0 amide bonds. The third kappa shape index (κ3) is 3.06. The van der Waals surface area contributed by atoms with E-state index in [1.807, 2.05) is 0 Å². The van der Waals surface area contributed by atoms with Crippen molar-refractivity contribution in [2.75, 3.05) is 0 Å². The predicted molar refractivity (Wildman–Crippen MR) is 76.5 cm³/mol. The quantitative estimate of drug-likeness (QED) is 0.690. The summed E-state index contributed by atoms with van der Waals surface area (Å²) in [6.45, 7) is 10.1. The van der Waals surface area contributed by atoms with Gasteiger partial charge in [-0.15, -0.1) is 0 Å². The zero-order valence-corrected chi connectivity index (χ0v) is 10.9. The molecule has 0 aliphatic rings. The smallest absolute Gasteiger partial charge is 0.335 e. The average molecular weight is 288 g/mol. The van der Waals surface area contributed by atoms with E-state index >= 15 is 0 Å². The van der Waals surface area contributed by atoms with Gasteiger partial charge in [0.2, 0.25) is 0 Å². The third-order valence-corrected chi connectivity index (χ3v) is 2.79. The van der Waals surface area contributed by atoms with Crippen LogP contribution < -0.4 is 0 Å². The Morgan fingerprint density at radius 1 is 0.714 bits per heavy atom. The molecular formula is C15H12O6. The summed E-state index contributed by atoms with van der Waals surface area (Å²) in [7, 11) is 0. The summed E-state index contributed by atoms with van der Waals surface area (Å²) in [5, 5.41) is 27.1. The van der Waals surface area contributed by atoms with E-state index in [2.05, 4.69) is 19.7 Å². The molecule has 1 aromatic rings. The normalized spacial score (nSPS) is 9.71. The number of benzene rings is 1. The zero-order chi connectivity index (χ0) is 16.3. The van der Waals surface area contributed by atoms with Gasteiger partial charge in [-0.25, -0.2) is 14.4 Å². The first-order chi connectivity index (χ1) is 9.68. The first-order valence-electron chi connectivity index (χ1n) is 5.59. The van der Waals surface area contributed by atoms with E-state index in [9.17, 15) is 14.4 Å². The molecule has 1 aromatic carbocycles. The molecule has 0 aliphatic heterocycles. The molecule has 3 N–H and O–H groups in total. The molecule has 0 saturated heterocycles. The van der Waals surface area contributed by atoms with Gasteiger partial charge in [0.25, 0.3) is 0 Å². The van der Waals surface area contributed by atoms with Crippen LogP contribution in [0.15, 0.2) is 37.9 Å². The second-order valence-corrected chi connectivity index (χ2v) is 4.08. The number of rotatable bonds is 6. The highest BCUT2D eigenvalue weighted by Gasteiger charge is 2.23. The zero-order valence-electron chi connectivity index (χ0n) is 10.9. The second kappa shape index (κ2) is 5.87. The Labute approximate surface area is 120 Å². The first kappa shape index (κ1) is 15.9. The lowest BCUT2D eigenvalue weighted by atomic mass is 9.88. The SMILES string of the molecule is C=C(C(=O)O)c1cccc(C(=C)C(=O)O)c1C(=C)C(=O)O. The Balaban J connectivity index is 3.72. The van der Waals surface area contributed by atoms with E-state index in [0.29, 0.717) is 0 Å². The topological polar surface area (TPSA) is 112 Å². The maximum Gasteiger partial charge on any atom is 0.335 e. The highest BCUT2D eigenvalue weighted by Crippen LogP contribution is 2.31. The van der Waals surface area contributed by atoms with Gasteiger partial charge in [0.15, 0.2) is 0 Å². The summed E-state index contributed by atoms with van der Waals surface area (Å²) >= 11 is 0. The molecule has 0 radical (unpaired) electrons. The summed E-state index contributed by atoms with van der Waals surface area (Å²) in [6.07, 6.45) is 0. The van der Waals surface area contributed by atoms with Gasteiger partial charge in [0.1, 0.15) is 0 Å². The molecule has 21 heavy (non-hydrogen) atoms. The molecular weight excluding hydrogens is 276 g/mol. The fourth-order valence-corrected chi connectivity index (χ4v) is 1.72. The standard InChI is InChI=1S/C15H12O6/c1-7(13(16)17)10-5-4-6-11(8(2)14(18)19)12(10)9(3)15(20)21/h4-6H,1-3H2,(H,16,17)(H,18,19)(H,20,21). The highest BCUT2D eigenvalue weighted by molar-refractivity contribution is 6.24. The maximum absolute atomic E-state index is 11.1. The molecule has 0 heterocycles. The molecule has 0 spiro atoms. The van der Waals surface area contributed by atoms with E-state index in [1.165, 1.54) is 18.2 Å². The van der Waals surface area contributed by atoms with Crippen molar-refractivity contribution in [2.24, 2.45) is 0 Å². The van der Waals surface area contributed by atoms with Crippen molar-refractivity contribution in [1.29, 1.82) is 0 Å². The van der Waals surface area contributed by atoms with Crippen LogP contribution in [0.2, 0.25) is 0 Å². The molecule has 0 saturated carbocycles. The summed E-state index contributed by atoms with van der Waals surface area (Å²) in [5.41, 5.74) is -1.33. The van der Waals surface area contributed by atoms with Gasteiger partial charge in [-0.2, -0.15) is 0 Å². The number of hydrogen-bond donors (Lipinski definition) is 3. The van der Waals surface area contributed by atoms with Gasteiger partial charge in [0.05, 0.1) is 16.7 Å². The molecule has 0 fully saturated rings. The predicted octanol–water partition coefficient (Wildman–Crippen LogP) is 1.98. The minimum Gasteiger partial charge on any atom is -0.478 e. The highest BCUT2D eigenvalue weighted by atomic mass is 16.4. The van der Waals surface area contributed by atoms with Crippen LogP contribution in [0.4, 0.5) is 0 Å². The van der Waals surface area contributed by atoms with Crippen LogP contribution in [0.1, 0.15) is 16.7 Å². The number of carbonyl (C=O) groups is 3. The molecule has 6 nitrogen and oxygen atoms in total. The average Bonchev–Trinajstić information content (AvgIpc) is 2.43. The molecule has 0 unspecified atom stereocenters. The summed E-state index contributed by atoms with van der Waals surface area (Å²) in [6, 6.07) is 4.06. The van der Waals surface area contributed by atoms with E-state index in [0.717, 1.165) is 0 Å². The maximum atomic E-state index is 11.1. The summed E-state index contributed by atoms with van der Waals surface area (Å²) in [5.74, 6) is -4.11. The van der Waals surface area contributed by atoms with Gasteiger partial charge in [-0.05, 0) is 11.1 Å². The minimum absolute atomic E-state index is 0.0187. The fraction of sp³-hybridized carbons (Fsp3) is 0. The molecule has 1 rings (SSSR count). The van der Waals surface area contributed by atoms with Crippen molar-refractivity contribution in [3.05, 3.63) is 54.6 Å². The number of aliphatic carboxylic acids is 3. The van der Waals surface area contributed by atoms with Crippen LogP contribution >= 0.6 is 0 Å². The Hall–Kier alpha value is -3.15. The van der Waals surface area contributed by atoms with E-state index in [-0.39, 0.29) is 27.8 Å². The Bertz CT molecular complexity index is 652. The van der Waals surface area contributed by atoms with Crippen LogP contribution in [-0.2, 0) is 14.4 Å². The monoisotopic (exact) mass is 288 g/mol. The molecule has 0 aliphatic carbocycles. The Morgan fingerprint density at radius 2 is 1.05 bits per heavy atom. The molecule has 0 bridgehead atoms. The minimum atomic E-state index is -1.40. The van der Waals surface area contributed by atoms with E-state index in [1.54, 1.807) is 0 Å². The van der Waals surface area contributed by atoms with Crippen LogP contribution in [0.25, 0.3) is 16.7 Å². The third-order valence-electron chi connectivity index (χ3n) is 2.79. The number of carboxylic acid groups (broad SMARTS) is 3. The van der Waals surface area contributed by atoms with Gasteiger partial charge in [0, 0.05) is 5.56 Å². The van der Waals surface area contributed by atoms with Crippen LogP contribution in [0.3, 0.4) is 0 Å². The lowest BCUT2D eigenvalue weighted by Gasteiger charge is -2.15. The van der Waals surface area contributed by atoms with Gasteiger partial charge >= 0.3 is 17.9 Å². The van der Waals surface area contributed by atoms with Crippen LogP contribution in [-0.4, -0.2) is 33.2 Å². The Morgan fingerprint density at radius 3 is 1.33 bits per heavy atom. The van der Waals surface area contributed by atoms with Crippen LogP contribution in [0.5, 0.6) is 0 Å². The first-order valence-corrected chi connectivity index (χ1v) is 5.59. The van der Waals surface area contributed by atoms with Crippen molar-refractivity contribution >= 4 is 34.6 Å². The molecule has 0 aromatic heterocycles. The number of hydrogen-bond acceptors (Lipinski definition) is 3. The molecule has 108 valence electrons. The summed E-state index contributed by atoms with van der Waals surface area (Å²) in [4.78, 5) is 33.2. The lowest BCUT2D eigenvalue weighted by Crippen LogP contribution is -2.10. The lowest BCUT2D eigenvalue weighted by molar-refractivity contribution is -0.131. The van der Waals surface area contributed by atoms with Crippen molar-refractivity contribution in [1.82, 2.24) is 0 Å². The van der Waals surface area contributed by atoms with Gasteiger partial charge in [-0.3, -0.25) is 0 Å². The van der Waals surface area contributed by atoms with E-state index < -0.39 is 23.5 Å². The molecule has 6 heteroatoms. The van der Waals surface area contributed by atoms with Crippen molar-refractivity contribution in [3.8, 4) is 0 Å². The second-order valence-electron chi connectivity index (χ2n) is 4.08. The molecule has 0 atom stereocenters. The van der Waals surface area contributed by atoms with Crippen molar-refractivity contribution in [3.63, 3.8) is 0 Å². The van der Waals surface area contributed by atoms with Crippen molar-refractivity contribution in [2.45, 2.75) is 0 Å². The largest absolute Gasteiger partial charge is 0.478 e. The van der Waals surface area contributed by atoms with E-state index in [4.69, 9.17) is 15.3 Å². The summed E-state index contributed by atoms with van der Waals surface area (Å²) < 4.78 is 0. The van der Waals surface area contributed by atoms with Gasteiger partial charge < -0.3 is 15.3 Å².